The molecule has 1 fully saturated rings. The van der Waals surface area contributed by atoms with E-state index >= 15 is 0 Å². The van der Waals surface area contributed by atoms with Gasteiger partial charge in [0.25, 0.3) is 5.91 Å². The van der Waals surface area contributed by atoms with Crippen molar-refractivity contribution in [3.05, 3.63) is 58.7 Å². The van der Waals surface area contributed by atoms with E-state index in [4.69, 9.17) is 16.3 Å². The van der Waals surface area contributed by atoms with Crippen LogP contribution in [0.5, 0.6) is 5.88 Å². The Kier molecular flexibility index (Phi) is 4.79. The standard InChI is InChI=1S/C17H18ClN3O2/c1-23-16-6-5-13(10-20-16)17(22)21-8-7-19-11-15(21)12-3-2-4-14(18)9-12/h2-6,9-10,15,19H,7-8,11H2,1H3. The van der Waals surface area contributed by atoms with Crippen LogP contribution in [-0.2, 0) is 0 Å². The highest BCUT2D eigenvalue weighted by Gasteiger charge is 2.28. The first-order valence-electron chi connectivity index (χ1n) is 7.46. The number of hydrogen-bond donors (Lipinski definition) is 1. The minimum absolute atomic E-state index is 0.0355. The fraction of sp³-hybridized carbons (Fsp3) is 0.294. The van der Waals surface area contributed by atoms with E-state index in [0.29, 0.717) is 29.6 Å². The highest BCUT2D eigenvalue weighted by Crippen LogP contribution is 2.26. The summed E-state index contributed by atoms with van der Waals surface area (Å²) < 4.78 is 5.04. The normalized spacial score (nSPS) is 17.8. The molecule has 2 heterocycles. The zero-order chi connectivity index (χ0) is 16.2. The third-order valence-corrected chi connectivity index (χ3v) is 4.17. The first-order chi connectivity index (χ1) is 11.2. The number of rotatable bonds is 3. The van der Waals surface area contributed by atoms with Crippen molar-refractivity contribution in [3.8, 4) is 5.88 Å². The third kappa shape index (κ3) is 3.46. The molecule has 1 unspecified atom stereocenters. The quantitative estimate of drug-likeness (QED) is 0.939. The van der Waals surface area contributed by atoms with Crippen LogP contribution < -0.4 is 10.1 Å². The number of ether oxygens (including phenoxy) is 1. The van der Waals surface area contributed by atoms with E-state index in [0.717, 1.165) is 12.1 Å². The van der Waals surface area contributed by atoms with Gasteiger partial charge in [0.15, 0.2) is 0 Å². The molecule has 23 heavy (non-hydrogen) atoms. The number of methoxy groups -OCH3 is 1. The molecule has 120 valence electrons. The molecule has 1 N–H and O–H groups in total. The number of piperazine rings is 1. The van der Waals surface area contributed by atoms with E-state index in [1.54, 1.807) is 25.4 Å². The topological polar surface area (TPSA) is 54.5 Å². The van der Waals surface area contributed by atoms with E-state index in [1.165, 1.54) is 0 Å². The van der Waals surface area contributed by atoms with Gasteiger partial charge in [0.05, 0.1) is 18.7 Å². The van der Waals surface area contributed by atoms with E-state index in [1.807, 2.05) is 29.2 Å². The molecule has 0 radical (unpaired) electrons. The molecular formula is C17H18ClN3O2. The van der Waals surface area contributed by atoms with Gasteiger partial charge in [-0.05, 0) is 23.8 Å². The van der Waals surface area contributed by atoms with Gasteiger partial charge in [-0.2, -0.15) is 0 Å². The van der Waals surface area contributed by atoms with Gasteiger partial charge in [0, 0.05) is 36.9 Å². The molecule has 1 atom stereocenters. The Morgan fingerprint density at radius 1 is 1.39 bits per heavy atom. The summed E-state index contributed by atoms with van der Waals surface area (Å²) in [5.74, 6) is 0.458. The van der Waals surface area contributed by atoms with Crippen LogP contribution in [0.4, 0.5) is 0 Å². The lowest BCUT2D eigenvalue weighted by Crippen LogP contribution is -2.48. The maximum Gasteiger partial charge on any atom is 0.256 e. The number of nitrogens with zero attached hydrogens (tertiary/aromatic N) is 2. The first kappa shape index (κ1) is 15.8. The van der Waals surface area contributed by atoms with Crippen LogP contribution in [0.1, 0.15) is 22.0 Å². The molecule has 0 bridgehead atoms. The Hall–Kier alpha value is -2.11. The molecule has 1 saturated heterocycles. The van der Waals surface area contributed by atoms with Crippen LogP contribution in [0.2, 0.25) is 5.02 Å². The lowest BCUT2D eigenvalue weighted by Gasteiger charge is -2.36. The minimum Gasteiger partial charge on any atom is -0.481 e. The Balaban J connectivity index is 1.86. The Morgan fingerprint density at radius 2 is 2.26 bits per heavy atom. The molecule has 0 spiro atoms. The monoisotopic (exact) mass is 331 g/mol. The summed E-state index contributed by atoms with van der Waals surface area (Å²) in [5.41, 5.74) is 1.58. The van der Waals surface area contributed by atoms with E-state index in [9.17, 15) is 4.79 Å². The zero-order valence-corrected chi connectivity index (χ0v) is 13.6. The summed E-state index contributed by atoms with van der Waals surface area (Å²) in [6.07, 6.45) is 1.55. The zero-order valence-electron chi connectivity index (χ0n) is 12.8. The predicted octanol–water partition coefficient (Wildman–Crippen LogP) is 2.53. The fourth-order valence-electron chi connectivity index (χ4n) is 2.75. The average Bonchev–Trinajstić information content (AvgIpc) is 2.61. The minimum atomic E-state index is -0.0444. The Bertz CT molecular complexity index is 690. The Labute approximate surface area is 140 Å². The molecule has 1 aliphatic heterocycles. The smallest absolute Gasteiger partial charge is 0.256 e. The van der Waals surface area contributed by atoms with Crippen LogP contribution >= 0.6 is 11.6 Å². The van der Waals surface area contributed by atoms with Gasteiger partial charge < -0.3 is 15.0 Å². The number of benzene rings is 1. The number of amides is 1. The summed E-state index contributed by atoms with van der Waals surface area (Å²) in [7, 11) is 1.55. The summed E-state index contributed by atoms with van der Waals surface area (Å²) >= 11 is 6.09. The second-order valence-electron chi connectivity index (χ2n) is 5.36. The molecule has 0 saturated carbocycles. The molecule has 0 aliphatic carbocycles. The van der Waals surface area contributed by atoms with E-state index in [-0.39, 0.29) is 11.9 Å². The van der Waals surface area contributed by atoms with Gasteiger partial charge in [-0.15, -0.1) is 0 Å². The van der Waals surface area contributed by atoms with Gasteiger partial charge in [-0.25, -0.2) is 4.98 Å². The van der Waals surface area contributed by atoms with Crippen molar-refractivity contribution >= 4 is 17.5 Å². The highest BCUT2D eigenvalue weighted by molar-refractivity contribution is 6.30. The van der Waals surface area contributed by atoms with Crippen LogP contribution in [0.25, 0.3) is 0 Å². The average molecular weight is 332 g/mol. The summed E-state index contributed by atoms with van der Waals surface area (Å²) in [4.78, 5) is 18.8. The van der Waals surface area contributed by atoms with Crippen molar-refractivity contribution in [2.75, 3.05) is 26.7 Å². The van der Waals surface area contributed by atoms with Gasteiger partial charge in [-0.3, -0.25) is 4.79 Å². The predicted molar refractivity (Wildman–Crippen MR) is 88.9 cm³/mol. The molecule has 1 amide bonds. The lowest BCUT2D eigenvalue weighted by atomic mass is 10.0. The van der Waals surface area contributed by atoms with Crippen LogP contribution in [-0.4, -0.2) is 42.5 Å². The van der Waals surface area contributed by atoms with Crippen molar-refractivity contribution in [2.24, 2.45) is 0 Å². The van der Waals surface area contributed by atoms with Crippen molar-refractivity contribution in [3.63, 3.8) is 0 Å². The van der Waals surface area contributed by atoms with E-state index in [2.05, 4.69) is 10.3 Å². The molecule has 3 rings (SSSR count). The van der Waals surface area contributed by atoms with Crippen LogP contribution in [0.3, 0.4) is 0 Å². The maximum atomic E-state index is 12.9. The van der Waals surface area contributed by atoms with Crippen molar-refractivity contribution in [1.82, 2.24) is 15.2 Å². The summed E-state index contributed by atoms with van der Waals surface area (Å²) in [5, 5.41) is 4.01. The van der Waals surface area contributed by atoms with Crippen LogP contribution in [0, 0.1) is 0 Å². The fourth-order valence-corrected chi connectivity index (χ4v) is 2.95. The maximum absolute atomic E-state index is 12.9. The third-order valence-electron chi connectivity index (χ3n) is 3.93. The highest BCUT2D eigenvalue weighted by atomic mass is 35.5. The number of aromatic nitrogens is 1. The van der Waals surface area contributed by atoms with Crippen molar-refractivity contribution in [1.29, 1.82) is 0 Å². The van der Waals surface area contributed by atoms with Crippen LogP contribution in [0.15, 0.2) is 42.6 Å². The number of halogens is 1. The summed E-state index contributed by atoms with van der Waals surface area (Å²) in [6, 6.07) is 11.0. The number of nitrogens with one attached hydrogen (secondary N) is 1. The van der Waals surface area contributed by atoms with Gasteiger partial charge in [0.1, 0.15) is 0 Å². The second kappa shape index (κ2) is 6.98. The SMILES string of the molecule is COc1ccc(C(=O)N2CCNCC2c2cccc(Cl)c2)cn1. The molecular weight excluding hydrogens is 314 g/mol. The molecule has 6 heteroatoms. The van der Waals surface area contributed by atoms with E-state index < -0.39 is 0 Å². The summed E-state index contributed by atoms with van der Waals surface area (Å²) in [6.45, 7) is 2.12. The number of carbonyl (C=O) groups is 1. The molecule has 2 aromatic rings. The number of pyridine rings is 1. The lowest BCUT2D eigenvalue weighted by molar-refractivity contribution is 0.0634. The molecule has 5 nitrogen and oxygen atoms in total. The van der Waals surface area contributed by atoms with Crippen molar-refractivity contribution in [2.45, 2.75) is 6.04 Å². The second-order valence-corrected chi connectivity index (χ2v) is 5.80. The number of hydrogen-bond acceptors (Lipinski definition) is 4. The molecule has 1 aromatic heterocycles. The van der Waals surface area contributed by atoms with Gasteiger partial charge in [-0.1, -0.05) is 23.7 Å². The largest absolute Gasteiger partial charge is 0.481 e. The van der Waals surface area contributed by atoms with Gasteiger partial charge in [0.2, 0.25) is 5.88 Å². The van der Waals surface area contributed by atoms with Gasteiger partial charge >= 0.3 is 0 Å². The first-order valence-corrected chi connectivity index (χ1v) is 7.84. The molecule has 1 aliphatic rings. The molecule has 1 aromatic carbocycles. The number of carbonyl (C=O) groups excluding carboxylic acids is 1. The van der Waals surface area contributed by atoms with Crippen molar-refractivity contribution < 1.29 is 9.53 Å². The Morgan fingerprint density at radius 3 is 2.96 bits per heavy atom.